The second-order valence-corrected chi connectivity index (χ2v) is 4.67. The SMILES string of the molecule is Cc1c(C(=O)N2CCC(=NO)CC2)cccc1[N+](=O)[O-]. The van der Waals surface area contributed by atoms with Gasteiger partial charge in [-0.2, -0.15) is 0 Å². The van der Waals surface area contributed by atoms with Crippen LogP contribution in [0.1, 0.15) is 28.8 Å². The normalized spacial score (nSPS) is 15.1. The lowest BCUT2D eigenvalue weighted by atomic mass is 10.0. The van der Waals surface area contributed by atoms with Crippen molar-refractivity contribution in [1.29, 1.82) is 0 Å². The molecule has 1 saturated heterocycles. The van der Waals surface area contributed by atoms with Crippen molar-refractivity contribution in [1.82, 2.24) is 4.90 Å². The van der Waals surface area contributed by atoms with Crippen molar-refractivity contribution >= 4 is 17.3 Å². The van der Waals surface area contributed by atoms with Crippen LogP contribution in [0.5, 0.6) is 0 Å². The minimum absolute atomic E-state index is 0.0505. The molecule has 106 valence electrons. The van der Waals surface area contributed by atoms with Gasteiger partial charge in [-0.15, -0.1) is 0 Å². The molecule has 1 heterocycles. The average Bonchev–Trinajstić information content (AvgIpc) is 2.46. The molecule has 0 bridgehead atoms. The number of likely N-dealkylation sites (tertiary alicyclic amines) is 1. The van der Waals surface area contributed by atoms with Crippen molar-refractivity contribution in [3.8, 4) is 0 Å². The molecule has 1 aliphatic heterocycles. The first-order chi connectivity index (χ1) is 9.54. The zero-order valence-corrected chi connectivity index (χ0v) is 11.1. The van der Waals surface area contributed by atoms with E-state index in [1.54, 1.807) is 17.9 Å². The molecule has 1 aliphatic rings. The van der Waals surface area contributed by atoms with Gasteiger partial charge in [0.1, 0.15) is 0 Å². The number of nitro benzene ring substituents is 1. The Morgan fingerprint density at radius 1 is 1.40 bits per heavy atom. The van der Waals surface area contributed by atoms with Gasteiger partial charge in [-0.1, -0.05) is 11.2 Å². The van der Waals surface area contributed by atoms with E-state index in [0.717, 1.165) is 0 Å². The maximum absolute atomic E-state index is 12.4. The molecule has 2 rings (SSSR count). The van der Waals surface area contributed by atoms with Crippen LogP contribution in [0.25, 0.3) is 0 Å². The highest BCUT2D eigenvalue weighted by molar-refractivity contribution is 5.98. The quantitative estimate of drug-likeness (QED) is 0.507. The van der Waals surface area contributed by atoms with Crippen LogP contribution in [0.15, 0.2) is 23.4 Å². The Morgan fingerprint density at radius 3 is 2.60 bits per heavy atom. The van der Waals surface area contributed by atoms with Crippen LogP contribution >= 0.6 is 0 Å². The summed E-state index contributed by atoms with van der Waals surface area (Å²) in [5, 5.41) is 22.7. The molecule has 0 unspecified atom stereocenters. The maximum Gasteiger partial charge on any atom is 0.273 e. The molecule has 0 spiro atoms. The van der Waals surface area contributed by atoms with Gasteiger partial charge in [0.2, 0.25) is 0 Å². The lowest BCUT2D eigenvalue weighted by Gasteiger charge is -2.27. The van der Waals surface area contributed by atoms with Gasteiger partial charge in [0, 0.05) is 43.1 Å². The van der Waals surface area contributed by atoms with Crippen molar-refractivity contribution in [2.45, 2.75) is 19.8 Å². The first kappa shape index (κ1) is 14.0. The lowest BCUT2D eigenvalue weighted by molar-refractivity contribution is -0.385. The molecule has 7 heteroatoms. The molecule has 20 heavy (non-hydrogen) atoms. The molecule has 1 amide bonds. The summed E-state index contributed by atoms with van der Waals surface area (Å²) in [5.41, 5.74) is 1.35. The molecule has 0 radical (unpaired) electrons. The molecule has 0 saturated carbocycles. The molecular weight excluding hydrogens is 262 g/mol. The van der Waals surface area contributed by atoms with Gasteiger partial charge in [-0.25, -0.2) is 0 Å². The fourth-order valence-electron chi connectivity index (χ4n) is 2.29. The molecule has 7 nitrogen and oxygen atoms in total. The number of hydrogen-bond acceptors (Lipinski definition) is 5. The first-order valence-corrected chi connectivity index (χ1v) is 6.27. The number of benzene rings is 1. The van der Waals surface area contributed by atoms with Gasteiger partial charge >= 0.3 is 0 Å². The van der Waals surface area contributed by atoms with E-state index in [0.29, 0.717) is 42.8 Å². The van der Waals surface area contributed by atoms with E-state index in [4.69, 9.17) is 5.21 Å². The Hall–Kier alpha value is -2.44. The Labute approximate surface area is 115 Å². The Balaban J connectivity index is 2.22. The lowest BCUT2D eigenvalue weighted by Crippen LogP contribution is -2.39. The predicted molar refractivity (Wildman–Crippen MR) is 72.2 cm³/mol. The van der Waals surface area contributed by atoms with Gasteiger partial charge < -0.3 is 10.1 Å². The number of carbonyl (C=O) groups is 1. The number of nitro groups is 1. The van der Waals surface area contributed by atoms with Crippen LogP contribution in [0, 0.1) is 17.0 Å². The second kappa shape index (κ2) is 5.68. The summed E-state index contributed by atoms with van der Waals surface area (Å²) in [4.78, 5) is 24.4. The fraction of sp³-hybridized carbons (Fsp3) is 0.385. The van der Waals surface area contributed by atoms with E-state index in [1.807, 2.05) is 0 Å². The van der Waals surface area contributed by atoms with E-state index < -0.39 is 4.92 Å². The van der Waals surface area contributed by atoms with Crippen molar-refractivity contribution < 1.29 is 14.9 Å². The summed E-state index contributed by atoms with van der Waals surface area (Å²) in [6.07, 6.45) is 1.05. The molecule has 0 aromatic heterocycles. The third kappa shape index (κ3) is 2.61. The topological polar surface area (TPSA) is 96.0 Å². The van der Waals surface area contributed by atoms with Crippen molar-refractivity contribution in [3.05, 3.63) is 39.4 Å². The predicted octanol–water partition coefficient (Wildman–Crippen LogP) is 1.97. The van der Waals surface area contributed by atoms with Crippen LogP contribution in [0.3, 0.4) is 0 Å². The molecule has 1 aromatic rings. The third-order valence-corrected chi connectivity index (χ3v) is 3.50. The van der Waals surface area contributed by atoms with Gasteiger partial charge in [0.25, 0.3) is 11.6 Å². The summed E-state index contributed by atoms with van der Waals surface area (Å²) in [6.45, 7) is 2.50. The fourth-order valence-corrected chi connectivity index (χ4v) is 2.29. The summed E-state index contributed by atoms with van der Waals surface area (Å²) in [6, 6.07) is 4.50. The molecule has 0 atom stereocenters. The molecule has 1 aromatic carbocycles. The van der Waals surface area contributed by atoms with Crippen molar-refractivity contribution in [2.75, 3.05) is 13.1 Å². The van der Waals surface area contributed by atoms with Gasteiger partial charge in [-0.05, 0) is 13.0 Å². The monoisotopic (exact) mass is 277 g/mol. The van der Waals surface area contributed by atoms with Crippen LogP contribution < -0.4 is 0 Å². The highest BCUT2D eigenvalue weighted by Crippen LogP contribution is 2.23. The first-order valence-electron chi connectivity index (χ1n) is 6.27. The Morgan fingerprint density at radius 2 is 2.05 bits per heavy atom. The van der Waals surface area contributed by atoms with Crippen molar-refractivity contribution in [3.63, 3.8) is 0 Å². The molecule has 0 aliphatic carbocycles. The van der Waals surface area contributed by atoms with E-state index >= 15 is 0 Å². The number of piperidine rings is 1. The number of carbonyl (C=O) groups excluding carboxylic acids is 1. The van der Waals surface area contributed by atoms with Crippen LogP contribution in [-0.4, -0.2) is 39.7 Å². The van der Waals surface area contributed by atoms with E-state index in [2.05, 4.69) is 5.16 Å². The molecular formula is C13H15N3O4. The third-order valence-electron chi connectivity index (χ3n) is 3.50. The number of rotatable bonds is 2. The summed E-state index contributed by atoms with van der Waals surface area (Å²) in [7, 11) is 0. The maximum atomic E-state index is 12.4. The number of oxime groups is 1. The highest BCUT2D eigenvalue weighted by Gasteiger charge is 2.25. The van der Waals surface area contributed by atoms with Gasteiger partial charge in [0.15, 0.2) is 0 Å². The summed E-state index contributed by atoms with van der Waals surface area (Å²) < 4.78 is 0. The number of hydrogen-bond donors (Lipinski definition) is 1. The summed E-state index contributed by atoms with van der Waals surface area (Å²) in [5.74, 6) is -0.219. The zero-order valence-electron chi connectivity index (χ0n) is 11.1. The highest BCUT2D eigenvalue weighted by atomic mass is 16.6. The second-order valence-electron chi connectivity index (χ2n) is 4.67. The van der Waals surface area contributed by atoms with Crippen LogP contribution in [-0.2, 0) is 0 Å². The van der Waals surface area contributed by atoms with Crippen LogP contribution in [0.2, 0.25) is 0 Å². The van der Waals surface area contributed by atoms with Crippen LogP contribution in [0.4, 0.5) is 5.69 Å². The number of amides is 1. The minimum Gasteiger partial charge on any atom is -0.411 e. The smallest absolute Gasteiger partial charge is 0.273 e. The van der Waals surface area contributed by atoms with Gasteiger partial charge in [0.05, 0.1) is 10.6 Å². The minimum atomic E-state index is -0.487. The largest absolute Gasteiger partial charge is 0.411 e. The van der Waals surface area contributed by atoms with E-state index in [-0.39, 0.29) is 11.6 Å². The Kier molecular flexibility index (Phi) is 3.97. The summed E-state index contributed by atoms with van der Waals surface area (Å²) >= 11 is 0. The Bertz CT molecular complexity index is 573. The van der Waals surface area contributed by atoms with Gasteiger partial charge in [-0.3, -0.25) is 14.9 Å². The van der Waals surface area contributed by atoms with Crippen molar-refractivity contribution in [2.24, 2.45) is 5.16 Å². The number of nitrogens with zero attached hydrogens (tertiary/aromatic N) is 3. The zero-order chi connectivity index (χ0) is 14.7. The molecule has 1 fully saturated rings. The molecule has 1 N–H and O–H groups in total. The average molecular weight is 277 g/mol. The van der Waals surface area contributed by atoms with E-state index in [9.17, 15) is 14.9 Å². The standard InChI is InChI=1S/C13H15N3O4/c1-9-11(3-2-4-12(9)16(19)20)13(17)15-7-5-10(14-18)6-8-15/h2-4,18H,5-8H2,1H3. The van der Waals surface area contributed by atoms with E-state index in [1.165, 1.54) is 12.1 Å².